The van der Waals surface area contributed by atoms with Crippen LogP contribution in [-0.4, -0.2) is 42.5 Å². The summed E-state index contributed by atoms with van der Waals surface area (Å²) in [5, 5.41) is 3.49. The van der Waals surface area contributed by atoms with Crippen LogP contribution in [0.3, 0.4) is 0 Å². The maximum absolute atomic E-state index is 11.6. The van der Waals surface area contributed by atoms with Crippen molar-refractivity contribution in [2.45, 2.75) is 46.3 Å². The number of carbonyl (C=O) groups excluding carboxylic acids is 1. The Morgan fingerprint density at radius 1 is 1.43 bits per heavy atom. The highest BCUT2D eigenvalue weighted by Gasteiger charge is 2.23. The molecule has 1 aliphatic heterocycles. The molecule has 21 heavy (non-hydrogen) atoms. The van der Waals surface area contributed by atoms with Crippen LogP contribution >= 0.6 is 0 Å². The number of nitrogens with one attached hydrogen (secondary N) is 1. The van der Waals surface area contributed by atoms with Crippen molar-refractivity contribution in [3.8, 4) is 5.75 Å². The zero-order valence-electron chi connectivity index (χ0n) is 13.5. The third-order valence-corrected chi connectivity index (χ3v) is 4.03. The van der Waals surface area contributed by atoms with Gasteiger partial charge in [-0.15, -0.1) is 0 Å². The first-order chi connectivity index (χ1) is 10.0. The van der Waals surface area contributed by atoms with Gasteiger partial charge in [0.05, 0.1) is 6.61 Å². The molecule has 1 aliphatic rings. The fourth-order valence-electron chi connectivity index (χ4n) is 2.75. The van der Waals surface area contributed by atoms with E-state index in [1.807, 2.05) is 25.1 Å². The summed E-state index contributed by atoms with van der Waals surface area (Å²) in [6, 6.07) is 6.73. The largest absolute Gasteiger partial charge is 0.494 e. The highest BCUT2D eigenvalue weighted by atomic mass is 16.5. The molecule has 4 heteroatoms. The van der Waals surface area contributed by atoms with Gasteiger partial charge >= 0.3 is 0 Å². The third kappa shape index (κ3) is 4.05. The lowest BCUT2D eigenvalue weighted by molar-refractivity contribution is 0.101. The van der Waals surface area contributed by atoms with Crippen LogP contribution in [-0.2, 0) is 6.54 Å². The summed E-state index contributed by atoms with van der Waals surface area (Å²) in [7, 11) is 0. The van der Waals surface area contributed by atoms with Gasteiger partial charge in [-0.3, -0.25) is 9.69 Å². The van der Waals surface area contributed by atoms with E-state index in [9.17, 15) is 4.79 Å². The molecule has 1 N–H and O–H groups in total. The lowest BCUT2D eigenvalue weighted by Crippen LogP contribution is -2.53. The van der Waals surface area contributed by atoms with Crippen molar-refractivity contribution in [1.82, 2.24) is 10.2 Å². The van der Waals surface area contributed by atoms with Gasteiger partial charge in [0.1, 0.15) is 5.75 Å². The molecule has 116 valence electrons. The summed E-state index contributed by atoms with van der Waals surface area (Å²) in [6.07, 6.45) is 0. The van der Waals surface area contributed by atoms with E-state index >= 15 is 0 Å². The smallest absolute Gasteiger partial charge is 0.159 e. The maximum atomic E-state index is 11.6. The number of hydrogen-bond donors (Lipinski definition) is 1. The van der Waals surface area contributed by atoms with Crippen molar-refractivity contribution >= 4 is 5.78 Å². The summed E-state index contributed by atoms with van der Waals surface area (Å²) in [5.41, 5.74) is 1.86. The molecule has 2 unspecified atom stereocenters. The molecule has 2 atom stereocenters. The quantitative estimate of drug-likeness (QED) is 0.846. The Morgan fingerprint density at radius 3 is 2.86 bits per heavy atom. The van der Waals surface area contributed by atoms with Crippen LogP contribution in [0.4, 0.5) is 0 Å². The number of ether oxygens (including phenoxy) is 1. The van der Waals surface area contributed by atoms with Gasteiger partial charge < -0.3 is 10.1 Å². The molecule has 0 aliphatic carbocycles. The van der Waals surface area contributed by atoms with Gasteiger partial charge in [0.25, 0.3) is 0 Å². The van der Waals surface area contributed by atoms with Crippen molar-refractivity contribution in [3.05, 3.63) is 29.3 Å². The average Bonchev–Trinajstić information content (AvgIpc) is 2.44. The molecule has 1 aromatic carbocycles. The molecule has 0 bridgehead atoms. The molecular weight excluding hydrogens is 264 g/mol. The topological polar surface area (TPSA) is 41.6 Å². The lowest BCUT2D eigenvalue weighted by Gasteiger charge is -2.37. The Morgan fingerprint density at radius 2 is 2.19 bits per heavy atom. The second-order valence-corrected chi connectivity index (χ2v) is 5.90. The van der Waals surface area contributed by atoms with Crippen molar-refractivity contribution < 1.29 is 9.53 Å². The van der Waals surface area contributed by atoms with Crippen LogP contribution in [0.15, 0.2) is 18.2 Å². The van der Waals surface area contributed by atoms with E-state index in [-0.39, 0.29) is 5.78 Å². The lowest BCUT2D eigenvalue weighted by atomic mass is 10.0. The first kappa shape index (κ1) is 16.0. The van der Waals surface area contributed by atoms with Gasteiger partial charge in [-0.1, -0.05) is 0 Å². The SMILES string of the molecule is CCOc1ccc(C(C)=O)cc1CN1CC(C)NCC1C. The number of nitrogens with zero attached hydrogens (tertiary/aromatic N) is 1. The van der Waals surface area contributed by atoms with Gasteiger partial charge in [0.2, 0.25) is 0 Å². The molecule has 0 aromatic heterocycles. The van der Waals surface area contributed by atoms with Gasteiger partial charge in [-0.25, -0.2) is 0 Å². The minimum Gasteiger partial charge on any atom is -0.494 e. The number of ketones is 1. The predicted octanol–water partition coefficient (Wildman–Crippen LogP) is 2.47. The maximum Gasteiger partial charge on any atom is 0.159 e. The van der Waals surface area contributed by atoms with E-state index in [0.717, 1.165) is 36.5 Å². The zero-order valence-corrected chi connectivity index (χ0v) is 13.5. The summed E-state index contributed by atoms with van der Waals surface area (Å²) < 4.78 is 5.72. The van der Waals surface area contributed by atoms with Crippen molar-refractivity contribution in [2.24, 2.45) is 0 Å². The molecule has 0 spiro atoms. The van der Waals surface area contributed by atoms with Crippen molar-refractivity contribution in [2.75, 3.05) is 19.7 Å². The number of carbonyl (C=O) groups is 1. The predicted molar refractivity (Wildman–Crippen MR) is 85.0 cm³/mol. The van der Waals surface area contributed by atoms with Crippen LogP contribution in [0.5, 0.6) is 5.75 Å². The van der Waals surface area contributed by atoms with E-state index in [0.29, 0.717) is 18.7 Å². The molecule has 0 amide bonds. The first-order valence-electron chi connectivity index (χ1n) is 7.75. The minimum atomic E-state index is 0.0982. The monoisotopic (exact) mass is 290 g/mol. The fraction of sp³-hybridized carbons (Fsp3) is 0.588. The van der Waals surface area contributed by atoms with E-state index in [1.54, 1.807) is 6.92 Å². The molecule has 1 saturated heterocycles. The normalized spacial score (nSPS) is 23.0. The van der Waals surface area contributed by atoms with E-state index in [2.05, 4.69) is 24.1 Å². The Bertz CT molecular complexity index is 502. The molecule has 2 rings (SSSR count). The molecule has 0 saturated carbocycles. The minimum absolute atomic E-state index is 0.0982. The summed E-state index contributed by atoms with van der Waals surface area (Å²) in [4.78, 5) is 14.1. The summed E-state index contributed by atoms with van der Waals surface area (Å²) in [6.45, 7) is 11.5. The highest BCUT2D eigenvalue weighted by molar-refractivity contribution is 5.94. The van der Waals surface area contributed by atoms with E-state index in [1.165, 1.54) is 0 Å². The second-order valence-electron chi connectivity index (χ2n) is 5.90. The molecule has 4 nitrogen and oxygen atoms in total. The average molecular weight is 290 g/mol. The Balaban J connectivity index is 2.23. The molecule has 1 aromatic rings. The molecular formula is C17H26N2O2. The molecule has 1 fully saturated rings. The van der Waals surface area contributed by atoms with E-state index in [4.69, 9.17) is 4.74 Å². The van der Waals surface area contributed by atoms with Crippen LogP contribution in [0.1, 0.15) is 43.6 Å². The van der Waals surface area contributed by atoms with Gasteiger partial charge in [-0.05, 0) is 45.9 Å². The van der Waals surface area contributed by atoms with Crippen molar-refractivity contribution in [3.63, 3.8) is 0 Å². The molecule has 0 radical (unpaired) electrons. The van der Waals surface area contributed by atoms with Crippen LogP contribution in [0.25, 0.3) is 0 Å². The Hall–Kier alpha value is -1.39. The summed E-state index contributed by atoms with van der Waals surface area (Å²) in [5.74, 6) is 0.988. The number of rotatable bonds is 5. The van der Waals surface area contributed by atoms with Gasteiger partial charge in [0, 0.05) is 42.8 Å². The van der Waals surface area contributed by atoms with Gasteiger partial charge in [-0.2, -0.15) is 0 Å². The standard InChI is InChI=1S/C17H26N2O2/c1-5-21-17-7-6-15(14(4)20)8-16(17)11-19-10-12(2)18-9-13(19)3/h6-8,12-13,18H,5,9-11H2,1-4H3. The number of hydrogen-bond acceptors (Lipinski definition) is 4. The van der Waals surface area contributed by atoms with Crippen LogP contribution < -0.4 is 10.1 Å². The highest BCUT2D eigenvalue weighted by Crippen LogP contribution is 2.24. The third-order valence-electron chi connectivity index (χ3n) is 4.03. The molecule has 1 heterocycles. The van der Waals surface area contributed by atoms with E-state index < -0.39 is 0 Å². The van der Waals surface area contributed by atoms with Crippen LogP contribution in [0, 0.1) is 0 Å². The van der Waals surface area contributed by atoms with Crippen LogP contribution in [0.2, 0.25) is 0 Å². The second kappa shape index (κ2) is 7.05. The first-order valence-corrected chi connectivity index (χ1v) is 7.75. The number of benzene rings is 1. The summed E-state index contributed by atoms with van der Waals surface area (Å²) >= 11 is 0. The van der Waals surface area contributed by atoms with Gasteiger partial charge in [0.15, 0.2) is 5.78 Å². The fourth-order valence-corrected chi connectivity index (χ4v) is 2.75. The Labute approximate surface area is 127 Å². The zero-order chi connectivity index (χ0) is 15.4. The van der Waals surface area contributed by atoms with Crippen molar-refractivity contribution in [1.29, 1.82) is 0 Å². The number of Topliss-reactive ketones (excluding diaryl/α,β-unsaturated/α-hetero) is 1. The number of piperazine rings is 1. The Kier molecular flexibility index (Phi) is 5.37.